The minimum atomic E-state index is -4.11. The monoisotopic (exact) mass is 479 g/mol. The van der Waals surface area contributed by atoms with Gasteiger partial charge in [-0.15, -0.1) is 10.2 Å². The van der Waals surface area contributed by atoms with Crippen LogP contribution in [0.1, 0.15) is 53.4 Å². The lowest BCUT2D eigenvalue weighted by molar-refractivity contribution is 0.280. The van der Waals surface area contributed by atoms with Gasteiger partial charge in [0.15, 0.2) is 5.82 Å². The van der Waals surface area contributed by atoms with E-state index in [1.807, 2.05) is 6.92 Å². The lowest BCUT2D eigenvalue weighted by atomic mass is 9.88. The fourth-order valence-electron chi connectivity index (χ4n) is 4.05. The van der Waals surface area contributed by atoms with Gasteiger partial charge in [-0.1, -0.05) is 29.8 Å². The van der Waals surface area contributed by atoms with E-state index in [1.54, 1.807) is 26.0 Å². The largest absolute Gasteiger partial charge is 0.492 e. The molecule has 3 aromatic rings. The topological polar surface area (TPSA) is 110 Å². The van der Waals surface area contributed by atoms with Crippen molar-refractivity contribution in [2.45, 2.75) is 50.5 Å². The van der Waals surface area contributed by atoms with E-state index in [4.69, 9.17) is 16.3 Å². The van der Waals surface area contributed by atoms with Crippen LogP contribution < -0.4 is 9.46 Å². The zero-order valence-corrected chi connectivity index (χ0v) is 19.4. The molecule has 0 saturated heterocycles. The number of hydrogen-bond donors (Lipinski definition) is 2. The summed E-state index contributed by atoms with van der Waals surface area (Å²) in [4.78, 5) is -0.0290. The first-order valence-corrected chi connectivity index (χ1v) is 12.0. The predicted octanol–water partition coefficient (Wildman–Crippen LogP) is 3.76. The van der Waals surface area contributed by atoms with E-state index in [0.29, 0.717) is 29.2 Å². The zero-order chi connectivity index (χ0) is 23.0. The van der Waals surface area contributed by atoms with Crippen molar-refractivity contribution in [3.05, 3.63) is 63.2 Å². The van der Waals surface area contributed by atoms with Crippen LogP contribution in [0.25, 0.3) is 0 Å². The molecule has 8 nitrogen and oxygen atoms in total. The van der Waals surface area contributed by atoms with Crippen molar-refractivity contribution in [1.82, 2.24) is 25.3 Å². The third-order valence-electron chi connectivity index (χ3n) is 5.88. The molecule has 0 amide bonds. The van der Waals surface area contributed by atoms with Gasteiger partial charge in [0, 0.05) is 16.5 Å². The number of H-pyrrole nitrogens is 1. The fourth-order valence-corrected chi connectivity index (χ4v) is 5.74. The Balaban J connectivity index is 1.78. The predicted molar refractivity (Wildman–Crippen MR) is 117 cm³/mol. The normalized spacial score (nSPS) is 15.7. The van der Waals surface area contributed by atoms with Crippen molar-refractivity contribution in [3.8, 4) is 5.75 Å². The van der Waals surface area contributed by atoms with Gasteiger partial charge in [-0.05, 0) is 61.6 Å². The number of hydrogen-bond acceptors (Lipinski definition) is 6. The van der Waals surface area contributed by atoms with Gasteiger partial charge in [0.05, 0.1) is 12.6 Å². The lowest BCUT2D eigenvalue weighted by Crippen LogP contribution is -2.34. The summed E-state index contributed by atoms with van der Waals surface area (Å²) in [7, 11) is -4.11. The number of nitrogens with zero attached hydrogens (tertiary/aromatic N) is 3. The summed E-state index contributed by atoms with van der Waals surface area (Å²) >= 11 is 6.26. The van der Waals surface area contributed by atoms with Gasteiger partial charge in [0.1, 0.15) is 16.5 Å². The van der Waals surface area contributed by atoms with E-state index in [9.17, 15) is 12.8 Å². The quantitative estimate of drug-likeness (QED) is 0.557. The molecule has 0 fully saturated rings. The molecular formula is C21H23ClFN5O3S. The Bertz CT molecular complexity index is 1250. The number of ether oxygens (including phenoxy) is 1. The van der Waals surface area contributed by atoms with Gasteiger partial charge in [-0.25, -0.2) is 12.8 Å². The molecule has 32 heavy (non-hydrogen) atoms. The molecule has 2 N–H and O–H groups in total. The molecule has 1 aromatic heterocycles. The van der Waals surface area contributed by atoms with Crippen molar-refractivity contribution in [3.63, 3.8) is 0 Å². The average molecular weight is 480 g/mol. The van der Waals surface area contributed by atoms with E-state index in [0.717, 1.165) is 17.5 Å². The van der Waals surface area contributed by atoms with Crippen LogP contribution >= 0.6 is 11.6 Å². The summed E-state index contributed by atoms with van der Waals surface area (Å²) in [5.74, 6) is -0.717. The smallest absolute Gasteiger partial charge is 0.244 e. The van der Waals surface area contributed by atoms with Gasteiger partial charge in [0.25, 0.3) is 0 Å². The maximum Gasteiger partial charge on any atom is 0.244 e. The molecule has 2 atom stereocenters. The SMILES string of the molecule is Cc1ccc(F)c([C@@H](C)[C@H](NS(=O)(=O)c2ccc(Cl)c3c2OCCC3)c2nn[nH]n2)c1C. The molecule has 2 aromatic carbocycles. The Morgan fingerprint density at radius 2 is 2.03 bits per heavy atom. The molecule has 0 saturated carbocycles. The lowest BCUT2D eigenvalue weighted by Gasteiger charge is -2.26. The second-order valence-electron chi connectivity index (χ2n) is 7.87. The fraction of sp³-hybridized carbons (Fsp3) is 0.381. The maximum absolute atomic E-state index is 14.8. The molecule has 11 heteroatoms. The van der Waals surface area contributed by atoms with E-state index in [-0.39, 0.29) is 16.5 Å². The van der Waals surface area contributed by atoms with Crippen molar-refractivity contribution >= 4 is 21.6 Å². The first kappa shape index (κ1) is 22.6. The number of aromatic amines is 1. The maximum atomic E-state index is 14.8. The van der Waals surface area contributed by atoms with E-state index in [1.165, 1.54) is 12.1 Å². The number of aromatic nitrogens is 4. The summed E-state index contributed by atoms with van der Waals surface area (Å²) < 4.78 is 50.1. The van der Waals surface area contributed by atoms with Gasteiger partial charge < -0.3 is 4.74 Å². The molecule has 1 aliphatic heterocycles. The third-order valence-corrected chi connectivity index (χ3v) is 7.70. The minimum absolute atomic E-state index is 0.0290. The number of tetrazole rings is 1. The molecule has 4 rings (SSSR count). The highest BCUT2D eigenvalue weighted by Gasteiger charge is 2.34. The summed E-state index contributed by atoms with van der Waals surface area (Å²) in [6.45, 7) is 5.79. The Hall–Kier alpha value is -2.56. The molecule has 0 aliphatic carbocycles. The molecule has 170 valence electrons. The van der Waals surface area contributed by atoms with E-state index >= 15 is 0 Å². The molecule has 0 bridgehead atoms. The number of halogens is 2. The van der Waals surface area contributed by atoms with Crippen LogP contribution in [0.5, 0.6) is 5.75 Å². The highest BCUT2D eigenvalue weighted by molar-refractivity contribution is 7.89. The zero-order valence-electron chi connectivity index (χ0n) is 17.8. The van der Waals surface area contributed by atoms with Crippen LogP contribution in [0.4, 0.5) is 4.39 Å². The van der Waals surface area contributed by atoms with Crippen molar-refractivity contribution in [1.29, 1.82) is 0 Å². The molecule has 0 radical (unpaired) electrons. The number of benzene rings is 2. The highest BCUT2D eigenvalue weighted by Crippen LogP contribution is 2.39. The molecule has 0 spiro atoms. The number of nitrogens with one attached hydrogen (secondary N) is 2. The van der Waals surface area contributed by atoms with Crippen molar-refractivity contribution < 1.29 is 17.5 Å². The molecule has 1 aliphatic rings. The van der Waals surface area contributed by atoms with Crippen molar-refractivity contribution in [2.75, 3.05) is 6.61 Å². The Morgan fingerprint density at radius 3 is 2.75 bits per heavy atom. The van der Waals surface area contributed by atoms with Gasteiger partial charge in [-0.2, -0.15) is 9.94 Å². The Morgan fingerprint density at radius 1 is 1.25 bits per heavy atom. The van der Waals surface area contributed by atoms with Gasteiger partial charge in [-0.3, -0.25) is 0 Å². The highest BCUT2D eigenvalue weighted by atomic mass is 35.5. The second-order valence-corrected chi connectivity index (χ2v) is 9.96. The first-order chi connectivity index (χ1) is 15.2. The molecule has 2 heterocycles. The number of aryl methyl sites for hydroxylation is 1. The van der Waals surface area contributed by atoms with Crippen LogP contribution in [0.3, 0.4) is 0 Å². The first-order valence-electron chi connectivity index (χ1n) is 10.2. The average Bonchev–Trinajstić information content (AvgIpc) is 3.30. The van der Waals surface area contributed by atoms with Crippen molar-refractivity contribution in [2.24, 2.45) is 0 Å². The second kappa shape index (κ2) is 8.76. The Kier molecular flexibility index (Phi) is 6.19. The Labute approximate surface area is 190 Å². The van der Waals surface area contributed by atoms with E-state index in [2.05, 4.69) is 25.3 Å². The molecular weight excluding hydrogens is 457 g/mol. The number of sulfonamides is 1. The van der Waals surface area contributed by atoms with Gasteiger partial charge >= 0.3 is 0 Å². The number of rotatable bonds is 6. The van der Waals surface area contributed by atoms with Crippen LogP contribution in [-0.4, -0.2) is 35.6 Å². The summed E-state index contributed by atoms with van der Waals surface area (Å²) in [5.41, 5.74) is 2.67. The standard InChI is InChI=1S/C21H23ClFN5O3S/c1-11-6-8-16(23)18(12(11)2)13(3)19(21-24-27-28-25-21)26-32(29,30)17-9-7-15(22)14-5-4-10-31-20(14)17/h6-9,13,19,26H,4-5,10H2,1-3H3,(H,24,25,27,28)/t13-,19+/m1/s1. The minimum Gasteiger partial charge on any atom is -0.492 e. The van der Waals surface area contributed by atoms with Crippen LogP contribution in [-0.2, 0) is 16.4 Å². The number of fused-ring (bicyclic) bond motifs is 1. The molecule has 0 unspecified atom stereocenters. The van der Waals surface area contributed by atoms with Crippen LogP contribution in [0.15, 0.2) is 29.2 Å². The van der Waals surface area contributed by atoms with E-state index < -0.39 is 27.8 Å². The van der Waals surface area contributed by atoms with Crippen LogP contribution in [0, 0.1) is 19.7 Å². The summed E-state index contributed by atoms with van der Waals surface area (Å²) in [5, 5.41) is 14.3. The summed E-state index contributed by atoms with van der Waals surface area (Å²) in [6, 6.07) is 5.03. The van der Waals surface area contributed by atoms with Gasteiger partial charge in [0.2, 0.25) is 10.0 Å². The summed E-state index contributed by atoms with van der Waals surface area (Å²) in [6.07, 6.45) is 1.37. The third kappa shape index (κ3) is 4.10. The van der Waals surface area contributed by atoms with Crippen LogP contribution in [0.2, 0.25) is 5.02 Å².